The van der Waals surface area contributed by atoms with Gasteiger partial charge in [-0.3, -0.25) is 14.2 Å². The number of fused-ring (bicyclic) bond motifs is 1. The van der Waals surface area contributed by atoms with Crippen molar-refractivity contribution in [3.63, 3.8) is 0 Å². The number of rotatable bonds is 4. The minimum atomic E-state index is -0.949. The van der Waals surface area contributed by atoms with Gasteiger partial charge in [0.25, 0.3) is 5.56 Å². The standard InChI is InChI=1S/C20H11Cl2F2N3O3S/c21-10-3-11(22)5-14(4-10)25-17(28)9-26-16-1-2-31-18(16)19(29)27(20(26)30)15-7-12(23)6-13(24)8-15/h1-8H,9H2,(H,25,28). The Bertz CT molecular complexity index is 1420. The van der Waals surface area contributed by atoms with E-state index in [1.807, 2.05) is 0 Å². The molecule has 0 unspecified atom stereocenters. The molecule has 0 spiro atoms. The first-order valence-electron chi connectivity index (χ1n) is 8.68. The lowest BCUT2D eigenvalue weighted by Crippen LogP contribution is -2.40. The van der Waals surface area contributed by atoms with Crippen molar-refractivity contribution in [3.8, 4) is 5.69 Å². The maximum atomic E-state index is 13.7. The summed E-state index contributed by atoms with van der Waals surface area (Å²) in [6.45, 7) is -0.464. The van der Waals surface area contributed by atoms with Crippen molar-refractivity contribution >= 4 is 56.3 Å². The fraction of sp³-hybridized carbons (Fsp3) is 0.0500. The molecule has 0 saturated carbocycles. The van der Waals surface area contributed by atoms with Gasteiger partial charge in [0.1, 0.15) is 22.9 Å². The van der Waals surface area contributed by atoms with Gasteiger partial charge in [0.2, 0.25) is 5.91 Å². The van der Waals surface area contributed by atoms with Crippen molar-refractivity contribution in [1.82, 2.24) is 9.13 Å². The van der Waals surface area contributed by atoms with E-state index in [9.17, 15) is 23.2 Å². The molecule has 2 aromatic heterocycles. The molecule has 0 fully saturated rings. The number of benzene rings is 2. The number of anilines is 1. The molecule has 158 valence electrons. The highest BCUT2D eigenvalue weighted by Gasteiger charge is 2.18. The zero-order valence-electron chi connectivity index (χ0n) is 15.4. The summed E-state index contributed by atoms with van der Waals surface area (Å²) in [5.41, 5.74) is -1.39. The quantitative estimate of drug-likeness (QED) is 0.468. The monoisotopic (exact) mass is 481 g/mol. The first-order chi connectivity index (χ1) is 14.7. The molecule has 0 radical (unpaired) electrons. The van der Waals surface area contributed by atoms with Gasteiger partial charge in [-0.25, -0.2) is 18.1 Å². The topological polar surface area (TPSA) is 73.1 Å². The SMILES string of the molecule is O=C(Cn1c(=O)n(-c2cc(F)cc(F)c2)c(=O)c2sccc21)Nc1cc(Cl)cc(Cl)c1. The first kappa shape index (κ1) is 21.2. The van der Waals surface area contributed by atoms with Gasteiger partial charge in [0, 0.05) is 21.8 Å². The second-order valence-electron chi connectivity index (χ2n) is 6.48. The molecule has 0 aliphatic rings. The molecular formula is C20H11Cl2F2N3O3S. The molecule has 11 heteroatoms. The lowest BCUT2D eigenvalue weighted by Gasteiger charge is -2.13. The van der Waals surface area contributed by atoms with Crippen LogP contribution in [0.3, 0.4) is 0 Å². The van der Waals surface area contributed by atoms with E-state index in [0.717, 1.165) is 28.0 Å². The summed E-state index contributed by atoms with van der Waals surface area (Å²) in [4.78, 5) is 38.5. The van der Waals surface area contributed by atoms with Crippen molar-refractivity contribution in [1.29, 1.82) is 0 Å². The summed E-state index contributed by atoms with van der Waals surface area (Å²) in [5.74, 6) is -2.49. The highest BCUT2D eigenvalue weighted by molar-refractivity contribution is 7.17. The summed E-state index contributed by atoms with van der Waals surface area (Å²) in [6.07, 6.45) is 0. The van der Waals surface area contributed by atoms with Gasteiger partial charge in [-0.1, -0.05) is 23.2 Å². The highest BCUT2D eigenvalue weighted by Crippen LogP contribution is 2.23. The minimum absolute atomic E-state index is 0.155. The number of hydrogen-bond donors (Lipinski definition) is 1. The van der Waals surface area contributed by atoms with E-state index in [-0.39, 0.29) is 15.9 Å². The average Bonchev–Trinajstić information content (AvgIpc) is 3.13. The molecule has 4 aromatic rings. The molecule has 0 atom stereocenters. The van der Waals surface area contributed by atoms with E-state index in [1.54, 1.807) is 5.38 Å². The van der Waals surface area contributed by atoms with Crippen molar-refractivity contribution in [2.75, 3.05) is 5.32 Å². The molecule has 0 saturated heterocycles. The van der Waals surface area contributed by atoms with E-state index in [0.29, 0.717) is 26.4 Å². The summed E-state index contributed by atoms with van der Waals surface area (Å²) in [6, 6.07) is 8.32. The van der Waals surface area contributed by atoms with Crippen LogP contribution in [-0.2, 0) is 11.3 Å². The molecule has 4 rings (SSSR count). The zero-order valence-corrected chi connectivity index (χ0v) is 17.7. The Balaban J connectivity index is 1.81. The molecule has 0 aliphatic heterocycles. The van der Waals surface area contributed by atoms with Crippen molar-refractivity contribution in [3.05, 3.63) is 90.4 Å². The smallest absolute Gasteiger partial charge is 0.324 e. The summed E-state index contributed by atoms with van der Waals surface area (Å²) >= 11 is 12.9. The Morgan fingerprint density at radius 3 is 2.29 bits per heavy atom. The average molecular weight is 482 g/mol. The Morgan fingerprint density at radius 1 is 1.00 bits per heavy atom. The normalized spacial score (nSPS) is 11.1. The van der Waals surface area contributed by atoms with Crippen molar-refractivity contribution in [2.24, 2.45) is 0 Å². The molecule has 0 bridgehead atoms. The van der Waals surface area contributed by atoms with E-state index >= 15 is 0 Å². The van der Waals surface area contributed by atoms with Crippen LogP contribution in [0.2, 0.25) is 10.0 Å². The van der Waals surface area contributed by atoms with Crippen molar-refractivity contribution < 1.29 is 13.6 Å². The maximum absolute atomic E-state index is 13.7. The predicted molar refractivity (Wildman–Crippen MR) is 117 cm³/mol. The second-order valence-corrected chi connectivity index (χ2v) is 8.27. The van der Waals surface area contributed by atoms with Crippen LogP contribution in [-0.4, -0.2) is 15.0 Å². The third-order valence-corrected chi connectivity index (χ3v) is 5.64. The maximum Gasteiger partial charge on any atom is 0.336 e. The first-order valence-corrected chi connectivity index (χ1v) is 10.3. The molecule has 2 heterocycles. The highest BCUT2D eigenvalue weighted by atomic mass is 35.5. The summed E-state index contributed by atoms with van der Waals surface area (Å²) < 4.78 is 29.2. The van der Waals surface area contributed by atoms with Crippen LogP contribution in [0.15, 0.2) is 57.4 Å². The summed E-state index contributed by atoms with van der Waals surface area (Å²) in [5, 5.41) is 4.77. The van der Waals surface area contributed by atoms with Crippen molar-refractivity contribution in [2.45, 2.75) is 6.54 Å². The van der Waals surface area contributed by atoms with E-state index < -0.39 is 35.3 Å². The van der Waals surface area contributed by atoms with Gasteiger partial charge in [0.05, 0.1) is 11.2 Å². The number of carbonyl (C=O) groups is 1. The van der Waals surface area contributed by atoms with Crippen LogP contribution >= 0.6 is 34.5 Å². The molecule has 6 nitrogen and oxygen atoms in total. The van der Waals surface area contributed by atoms with E-state index in [4.69, 9.17) is 23.2 Å². The number of nitrogens with one attached hydrogen (secondary N) is 1. The number of carbonyl (C=O) groups excluding carboxylic acids is 1. The number of aromatic nitrogens is 2. The predicted octanol–water partition coefficient (Wildman–Crippen LogP) is 4.44. The minimum Gasteiger partial charge on any atom is -0.324 e. The molecule has 31 heavy (non-hydrogen) atoms. The fourth-order valence-corrected chi connectivity index (χ4v) is 4.46. The lowest BCUT2D eigenvalue weighted by atomic mass is 10.3. The third-order valence-electron chi connectivity index (χ3n) is 4.31. The largest absolute Gasteiger partial charge is 0.336 e. The summed E-state index contributed by atoms with van der Waals surface area (Å²) in [7, 11) is 0. The zero-order chi connectivity index (χ0) is 22.3. The second kappa shape index (κ2) is 8.26. The van der Waals surface area contributed by atoms with Gasteiger partial charge in [-0.15, -0.1) is 11.3 Å². The Kier molecular flexibility index (Phi) is 5.65. The third kappa shape index (κ3) is 4.25. The molecule has 0 aliphatic carbocycles. The van der Waals surface area contributed by atoms with E-state index in [2.05, 4.69) is 5.32 Å². The van der Waals surface area contributed by atoms with Gasteiger partial charge in [0.15, 0.2) is 0 Å². The molecule has 1 amide bonds. The van der Waals surface area contributed by atoms with Gasteiger partial charge in [-0.2, -0.15) is 0 Å². The number of amides is 1. The van der Waals surface area contributed by atoms with E-state index in [1.165, 1.54) is 24.3 Å². The number of nitrogens with zero attached hydrogens (tertiary/aromatic N) is 2. The number of halogens is 4. The number of thiophene rings is 1. The fourth-order valence-electron chi connectivity index (χ4n) is 3.11. The Morgan fingerprint density at radius 2 is 1.65 bits per heavy atom. The van der Waals surface area contributed by atoms with Crippen LogP contribution in [0.1, 0.15) is 0 Å². The molecule has 1 N–H and O–H groups in total. The van der Waals surface area contributed by atoms with Gasteiger partial charge >= 0.3 is 5.69 Å². The van der Waals surface area contributed by atoms with Gasteiger partial charge < -0.3 is 5.32 Å². The Hall–Kier alpha value is -3.01. The van der Waals surface area contributed by atoms with Crippen LogP contribution in [0.4, 0.5) is 14.5 Å². The van der Waals surface area contributed by atoms with Crippen LogP contribution in [0.5, 0.6) is 0 Å². The Labute approximate surface area is 186 Å². The number of hydrogen-bond acceptors (Lipinski definition) is 4. The lowest BCUT2D eigenvalue weighted by molar-refractivity contribution is -0.116. The molecule has 2 aromatic carbocycles. The van der Waals surface area contributed by atoms with Crippen LogP contribution < -0.4 is 16.6 Å². The van der Waals surface area contributed by atoms with Crippen LogP contribution in [0, 0.1) is 11.6 Å². The molecular weight excluding hydrogens is 471 g/mol. The van der Waals surface area contributed by atoms with Gasteiger partial charge in [-0.05, 0) is 41.8 Å². The van der Waals surface area contributed by atoms with Crippen LogP contribution in [0.25, 0.3) is 15.9 Å².